The Labute approximate surface area is 309 Å². The Kier molecular flexibility index (Phi) is 9.08. The monoisotopic (exact) mass is 721 g/mol. The molecule has 0 radical (unpaired) electrons. The Hall–Kier alpha value is -5.72. The molecule has 0 unspecified atom stereocenters. The van der Waals surface area contributed by atoms with Gasteiger partial charge in [-0.25, -0.2) is 9.97 Å². The van der Waals surface area contributed by atoms with Crippen LogP contribution in [0.1, 0.15) is 22.8 Å². The van der Waals surface area contributed by atoms with Crippen molar-refractivity contribution in [3.05, 3.63) is 168 Å². The zero-order chi connectivity index (χ0) is 34.7. The fourth-order valence-electron chi connectivity index (χ4n) is 7.06. The number of halogens is 1. The number of nitrogens with zero attached hydrogens (tertiary/aromatic N) is 4. The van der Waals surface area contributed by atoms with E-state index >= 15 is 0 Å². The van der Waals surface area contributed by atoms with Crippen LogP contribution in [0.15, 0.2) is 146 Å². The summed E-state index contributed by atoms with van der Waals surface area (Å²) < 4.78 is 2.28. The van der Waals surface area contributed by atoms with Crippen LogP contribution in [-0.2, 0) is 21.9 Å². The van der Waals surface area contributed by atoms with Gasteiger partial charge in [0.1, 0.15) is 0 Å². The molecule has 4 aromatic carbocycles. The van der Waals surface area contributed by atoms with Gasteiger partial charge in [0.05, 0.1) is 33.8 Å². The average Bonchev–Trinajstić information content (AvgIpc) is 4.03. The van der Waals surface area contributed by atoms with Crippen molar-refractivity contribution in [3.63, 3.8) is 0 Å². The van der Waals surface area contributed by atoms with Crippen LogP contribution in [0.4, 0.5) is 0 Å². The van der Waals surface area contributed by atoms with E-state index in [4.69, 9.17) is 15.0 Å². The predicted molar refractivity (Wildman–Crippen MR) is 210 cm³/mol. The Morgan fingerprint density at radius 3 is 1.04 bits per heavy atom. The van der Waals surface area contributed by atoms with Crippen molar-refractivity contribution in [2.45, 2.75) is 0 Å². The molecule has 2 aliphatic heterocycles. The zero-order valence-corrected chi connectivity index (χ0v) is 29.5. The quantitative estimate of drug-likeness (QED) is 0.182. The van der Waals surface area contributed by atoms with E-state index in [9.17, 15) is 0 Å². The van der Waals surface area contributed by atoms with Gasteiger partial charge in [0.15, 0.2) is 0 Å². The van der Waals surface area contributed by atoms with Gasteiger partial charge >= 0.3 is 25.0 Å². The molecule has 9 rings (SSSR count). The molecule has 0 saturated heterocycles. The third-order valence-corrected chi connectivity index (χ3v) is 9.34. The summed E-state index contributed by atoms with van der Waals surface area (Å²) in [5, 5.41) is 0. The molecule has 0 saturated carbocycles. The molecule has 0 fully saturated rings. The van der Waals surface area contributed by atoms with Crippen LogP contribution in [0.5, 0.6) is 0 Å². The topological polar surface area (TPSA) is 44.8 Å². The van der Waals surface area contributed by atoms with E-state index in [0.717, 1.165) is 89.4 Å². The van der Waals surface area contributed by atoms with E-state index < -0.39 is 0 Å². The summed E-state index contributed by atoms with van der Waals surface area (Å²) in [4.78, 5) is 16.1. The summed E-state index contributed by atoms with van der Waals surface area (Å²) in [5.41, 5.74) is 15.9. The molecule has 5 heterocycles. The first-order valence-corrected chi connectivity index (χ1v) is 18.1. The third-order valence-electron chi connectivity index (χ3n) is 9.34. The second-order valence-corrected chi connectivity index (χ2v) is 12.3. The molecule has 7 aromatic rings. The van der Waals surface area contributed by atoms with E-state index in [1.54, 1.807) is 0 Å². The van der Waals surface area contributed by atoms with Crippen LogP contribution in [0.25, 0.3) is 90.9 Å². The number of hydrogen-bond acceptors (Lipinski definition) is 2. The van der Waals surface area contributed by atoms with Crippen LogP contribution in [0.3, 0.4) is 0 Å². The molecule has 6 heteroatoms. The molecule has 2 aliphatic rings. The first kappa shape index (κ1) is 32.5. The summed E-state index contributed by atoms with van der Waals surface area (Å²) in [5.74, 6) is 0. The number of aryl methyl sites for hydroxylation is 1. The molecule has 0 spiro atoms. The van der Waals surface area contributed by atoms with Gasteiger partial charge in [0, 0.05) is 18.2 Å². The molecular weight excluding hydrogens is 691 g/mol. The number of aromatic nitrogens is 4. The molecule has 0 aliphatic carbocycles. The van der Waals surface area contributed by atoms with Gasteiger partial charge in [0.25, 0.3) is 0 Å². The Balaban J connectivity index is 0.00000184. The molecule has 51 heavy (non-hydrogen) atoms. The van der Waals surface area contributed by atoms with Crippen LogP contribution in [0.2, 0.25) is 0 Å². The minimum atomic E-state index is 0.872. The molecule has 0 N–H and O–H groups in total. The van der Waals surface area contributed by atoms with Crippen molar-refractivity contribution in [1.82, 2.24) is 19.5 Å². The van der Waals surface area contributed by atoms with Crippen molar-refractivity contribution < 1.29 is 14.8 Å². The van der Waals surface area contributed by atoms with Crippen LogP contribution in [-0.4, -0.2) is 14.5 Å². The average molecular weight is 722 g/mol. The summed E-state index contributed by atoms with van der Waals surface area (Å²) >= 11 is 3.03. The Morgan fingerprint density at radius 1 is 0.412 bits per heavy atom. The summed E-state index contributed by atoms with van der Waals surface area (Å²) in [6.45, 7) is 0. The number of benzene rings is 4. The summed E-state index contributed by atoms with van der Waals surface area (Å²) in [7, 11) is 6.47. The number of fused-ring (bicyclic) bond motifs is 8. The van der Waals surface area contributed by atoms with Gasteiger partial charge in [-0.15, -0.1) is 11.0 Å². The van der Waals surface area contributed by atoms with Gasteiger partial charge < -0.3 is 9.55 Å². The number of rotatable bonds is 4. The molecule has 0 atom stereocenters. The standard InChI is InChI=1S/C45H31N4.ClH.Co/c1-49-40-28-29-41(49)45(33-20-12-5-13-21-33)39-27-25-37(48-39)43(31-16-8-3-9-17-31)35-23-22-34(46-35)42(30-14-6-2-7-15-30)36-24-26-38(47-36)44(40)32-18-10-4-11-19-32;;/h2-29H,1H3;1H;/q-1;;+3/p-1. The first-order chi connectivity index (χ1) is 25.2. The SMILES string of the molecule is Cn1c2ccc1c(-c1ccccc1)c1nc(c(-c3ccccc3)c3ccc([n-]3)c(-c3ccccc3)c3nc(c2-c2ccccc2)C=C3)C=C1.[Cl][Co+2]. The van der Waals surface area contributed by atoms with Crippen molar-refractivity contribution in [3.8, 4) is 44.5 Å². The van der Waals surface area contributed by atoms with Gasteiger partial charge in [-0.1, -0.05) is 133 Å². The van der Waals surface area contributed by atoms with E-state index in [1.165, 1.54) is 0 Å². The second-order valence-electron chi connectivity index (χ2n) is 12.3. The second kappa shape index (κ2) is 14.3. The predicted octanol–water partition coefficient (Wildman–Crippen LogP) is 11.7. The third kappa shape index (κ3) is 6.06. The van der Waals surface area contributed by atoms with E-state index in [1.807, 2.05) is 12.1 Å². The minimum absolute atomic E-state index is 0.872. The summed E-state index contributed by atoms with van der Waals surface area (Å²) in [6.07, 6.45) is 8.54. The molecule has 0 amide bonds. The Bertz CT molecular complexity index is 2410. The normalized spacial score (nSPS) is 11.7. The Morgan fingerprint density at radius 2 is 0.706 bits per heavy atom. The van der Waals surface area contributed by atoms with Crippen molar-refractivity contribution >= 4 is 56.5 Å². The first-order valence-electron chi connectivity index (χ1n) is 16.6. The molecule has 3 aromatic heterocycles. The maximum absolute atomic E-state index is 5.38. The van der Waals surface area contributed by atoms with Crippen molar-refractivity contribution in [2.75, 3.05) is 0 Å². The van der Waals surface area contributed by atoms with Gasteiger partial charge in [-0.3, -0.25) is 0 Å². The zero-order valence-electron chi connectivity index (χ0n) is 27.7. The van der Waals surface area contributed by atoms with Crippen LogP contribution >= 0.6 is 10.1 Å². The van der Waals surface area contributed by atoms with Gasteiger partial charge in [-0.2, -0.15) is 0 Å². The van der Waals surface area contributed by atoms with Crippen molar-refractivity contribution in [2.24, 2.45) is 7.05 Å². The van der Waals surface area contributed by atoms with Crippen LogP contribution < -0.4 is 4.98 Å². The van der Waals surface area contributed by atoms with Gasteiger partial charge in [0.2, 0.25) is 0 Å². The van der Waals surface area contributed by atoms with Crippen LogP contribution in [0, 0.1) is 0 Å². The number of hydrogen-bond donors (Lipinski definition) is 0. The summed E-state index contributed by atoms with van der Waals surface area (Å²) in [6, 6.07) is 50.7. The fraction of sp³-hybridized carbons (Fsp3) is 0.0222. The van der Waals surface area contributed by atoms with E-state index in [2.05, 4.69) is 194 Å². The van der Waals surface area contributed by atoms with Crippen molar-refractivity contribution in [1.29, 1.82) is 0 Å². The molecule has 246 valence electrons. The van der Waals surface area contributed by atoms with E-state index in [-0.39, 0.29) is 0 Å². The van der Waals surface area contributed by atoms with E-state index in [0.29, 0.717) is 0 Å². The molecule has 4 nitrogen and oxygen atoms in total. The molecule has 8 bridgehead atoms. The fourth-order valence-corrected chi connectivity index (χ4v) is 7.06. The maximum atomic E-state index is 5.38. The van der Waals surface area contributed by atoms with Gasteiger partial charge in [-0.05, 0) is 69.8 Å². The molecular formula is C45H31ClCoN4+.